The van der Waals surface area contributed by atoms with Gasteiger partial charge < -0.3 is 14.7 Å². The number of furan rings is 1. The van der Waals surface area contributed by atoms with E-state index in [9.17, 15) is 4.79 Å². The lowest BCUT2D eigenvalue weighted by molar-refractivity contribution is -0.115. The van der Waals surface area contributed by atoms with Gasteiger partial charge in [0.1, 0.15) is 11.2 Å². The molecular formula is C27H23N7O2. The highest BCUT2D eigenvalue weighted by atomic mass is 16.3. The highest BCUT2D eigenvalue weighted by Gasteiger charge is 2.17. The molecule has 9 nitrogen and oxygen atoms in total. The van der Waals surface area contributed by atoms with Gasteiger partial charge in [0.05, 0.1) is 29.6 Å². The minimum absolute atomic E-state index is 0.0194. The zero-order valence-corrected chi connectivity index (χ0v) is 19.8. The molecular weight excluding hydrogens is 454 g/mol. The van der Waals surface area contributed by atoms with E-state index in [4.69, 9.17) is 9.40 Å². The zero-order valence-electron chi connectivity index (χ0n) is 19.8. The second kappa shape index (κ2) is 8.77. The summed E-state index contributed by atoms with van der Waals surface area (Å²) >= 11 is 0. The van der Waals surface area contributed by atoms with E-state index in [1.54, 1.807) is 31.1 Å². The van der Waals surface area contributed by atoms with Crippen molar-refractivity contribution < 1.29 is 9.21 Å². The molecule has 0 saturated carbocycles. The molecule has 9 heteroatoms. The van der Waals surface area contributed by atoms with Gasteiger partial charge in [-0.2, -0.15) is 5.10 Å². The summed E-state index contributed by atoms with van der Waals surface area (Å²) in [5.74, 6) is 0.622. The summed E-state index contributed by atoms with van der Waals surface area (Å²) in [7, 11) is 0. The van der Waals surface area contributed by atoms with Gasteiger partial charge in [0.2, 0.25) is 5.91 Å². The van der Waals surface area contributed by atoms with Gasteiger partial charge in [0.15, 0.2) is 11.5 Å². The molecule has 0 unspecified atom stereocenters. The van der Waals surface area contributed by atoms with Crippen molar-refractivity contribution in [1.29, 1.82) is 0 Å². The molecule has 6 aromatic rings. The zero-order chi connectivity index (χ0) is 24.6. The summed E-state index contributed by atoms with van der Waals surface area (Å²) in [6.45, 7) is 3.93. The van der Waals surface area contributed by atoms with Crippen molar-refractivity contribution in [1.82, 2.24) is 30.1 Å². The van der Waals surface area contributed by atoms with Gasteiger partial charge in [-0.1, -0.05) is 19.9 Å². The van der Waals surface area contributed by atoms with Crippen LogP contribution in [0, 0.1) is 0 Å². The average molecular weight is 478 g/mol. The van der Waals surface area contributed by atoms with E-state index in [0.717, 1.165) is 62.0 Å². The second-order valence-electron chi connectivity index (χ2n) is 8.55. The first kappa shape index (κ1) is 21.7. The molecule has 0 bridgehead atoms. The number of hydrogen-bond donors (Lipinski definition) is 3. The first-order valence-electron chi connectivity index (χ1n) is 11.8. The van der Waals surface area contributed by atoms with E-state index in [0.29, 0.717) is 17.9 Å². The molecule has 3 N–H and O–H groups in total. The summed E-state index contributed by atoms with van der Waals surface area (Å²) in [5.41, 5.74) is 8.51. The van der Waals surface area contributed by atoms with Gasteiger partial charge in [-0.3, -0.25) is 14.9 Å². The smallest absolute Gasteiger partial charge is 0.224 e. The van der Waals surface area contributed by atoms with E-state index in [2.05, 4.69) is 43.5 Å². The summed E-state index contributed by atoms with van der Waals surface area (Å²) in [5, 5.41) is 11.3. The van der Waals surface area contributed by atoms with Crippen molar-refractivity contribution in [2.24, 2.45) is 0 Å². The van der Waals surface area contributed by atoms with Crippen LogP contribution in [0.2, 0.25) is 0 Å². The second-order valence-corrected chi connectivity index (χ2v) is 8.55. The molecule has 0 aliphatic carbocycles. The lowest BCUT2D eigenvalue weighted by Gasteiger charge is -2.10. The molecule has 5 aromatic heterocycles. The number of aryl methyl sites for hydroxylation is 1. The Hall–Kier alpha value is -4.79. The van der Waals surface area contributed by atoms with E-state index < -0.39 is 0 Å². The SMILES string of the molecule is CCC(=O)Nc1cc(CC)cc(-c2cnc3n[nH]c(-c4nc5c(-c6ccoc6)cncc5[nH]4)c3c2)c1. The van der Waals surface area contributed by atoms with Crippen molar-refractivity contribution in [3.05, 3.63) is 67.0 Å². The summed E-state index contributed by atoms with van der Waals surface area (Å²) in [4.78, 5) is 29.1. The molecule has 178 valence electrons. The Morgan fingerprint density at radius 2 is 1.97 bits per heavy atom. The molecule has 1 amide bonds. The minimum atomic E-state index is -0.0194. The number of aromatic nitrogens is 6. The van der Waals surface area contributed by atoms with Crippen LogP contribution >= 0.6 is 0 Å². The number of nitrogens with one attached hydrogen (secondary N) is 3. The summed E-state index contributed by atoms with van der Waals surface area (Å²) in [6, 6.07) is 10.0. The molecule has 5 heterocycles. The Morgan fingerprint density at radius 3 is 2.78 bits per heavy atom. The van der Waals surface area contributed by atoms with Gasteiger partial charge in [-0.25, -0.2) is 9.97 Å². The number of carbonyl (C=O) groups excluding carboxylic acids is 1. The number of rotatable bonds is 6. The largest absolute Gasteiger partial charge is 0.472 e. The fraction of sp³-hybridized carbons (Fsp3) is 0.148. The fourth-order valence-corrected chi connectivity index (χ4v) is 4.30. The molecule has 0 fully saturated rings. The monoisotopic (exact) mass is 477 g/mol. The number of H-pyrrole nitrogens is 2. The number of imidazole rings is 1. The Bertz CT molecular complexity index is 1710. The topological polar surface area (TPSA) is 125 Å². The predicted molar refractivity (Wildman–Crippen MR) is 138 cm³/mol. The average Bonchev–Trinajstić information content (AvgIpc) is 3.67. The van der Waals surface area contributed by atoms with Crippen LogP contribution in [-0.4, -0.2) is 36.0 Å². The van der Waals surface area contributed by atoms with E-state index in [1.165, 1.54) is 0 Å². The van der Waals surface area contributed by atoms with E-state index >= 15 is 0 Å². The number of pyridine rings is 2. The molecule has 1 aromatic carbocycles. The lowest BCUT2D eigenvalue weighted by Crippen LogP contribution is -2.09. The number of aromatic amines is 2. The van der Waals surface area contributed by atoms with Gasteiger partial charge >= 0.3 is 0 Å². The van der Waals surface area contributed by atoms with Crippen LogP contribution in [0.15, 0.2) is 65.9 Å². The third-order valence-electron chi connectivity index (χ3n) is 6.21. The number of amides is 1. The number of hydrogen-bond acceptors (Lipinski definition) is 6. The summed E-state index contributed by atoms with van der Waals surface area (Å²) in [6.07, 6.45) is 9.90. The van der Waals surface area contributed by atoms with Crippen molar-refractivity contribution in [2.75, 3.05) is 5.32 Å². The maximum Gasteiger partial charge on any atom is 0.224 e. The predicted octanol–water partition coefficient (Wildman–Crippen LogP) is 5.73. The highest BCUT2D eigenvalue weighted by Crippen LogP contribution is 2.33. The van der Waals surface area contributed by atoms with Crippen LogP contribution in [0.5, 0.6) is 0 Å². The normalized spacial score (nSPS) is 11.4. The Morgan fingerprint density at radius 1 is 1.06 bits per heavy atom. The maximum absolute atomic E-state index is 12.0. The van der Waals surface area contributed by atoms with Crippen molar-refractivity contribution >= 4 is 33.7 Å². The Labute approximate surface area is 206 Å². The molecule has 0 saturated heterocycles. The lowest BCUT2D eigenvalue weighted by atomic mass is 10.0. The third kappa shape index (κ3) is 3.80. The first-order valence-corrected chi connectivity index (χ1v) is 11.8. The summed E-state index contributed by atoms with van der Waals surface area (Å²) < 4.78 is 5.25. The van der Waals surface area contributed by atoms with Gasteiger partial charge in [-0.05, 0) is 41.8 Å². The fourth-order valence-electron chi connectivity index (χ4n) is 4.30. The number of carbonyl (C=O) groups is 1. The standard InChI is InChI=1S/C27H23N7O2/c1-3-15-7-17(9-19(8-15)30-23(35)4-2)18-10-20-25(33-34-26(20)29-11-18)27-31-22-13-28-12-21(24(22)32-27)16-5-6-36-14-16/h5-14H,3-4H2,1-2H3,(H,30,35)(H,31,32)(H,29,33,34). The van der Waals surface area contributed by atoms with Crippen LogP contribution in [-0.2, 0) is 11.2 Å². The number of fused-ring (bicyclic) bond motifs is 2. The number of anilines is 1. The highest BCUT2D eigenvalue weighted by molar-refractivity contribution is 5.97. The first-order chi connectivity index (χ1) is 17.6. The van der Waals surface area contributed by atoms with Crippen LogP contribution in [0.25, 0.3) is 55.8 Å². The molecule has 6 rings (SSSR count). The maximum atomic E-state index is 12.0. The number of nitrogens with zero attached hydrogens (tertiary/aromatic N) is 4. The van der Waals surface area contributed by atoms with Gasteiger partial charge in [-0.15, -0.1) is 0 Å². The third-order valence-corrected chi connectivity index (χ3v) is 6.21. The van der Waals surface area contributed by atoms with Crippen LogP contribution in [0.4, 0.5) is 5.69 Å². The molecule has 0 atom stereocenters. The Kier molecular flexibility index (Phi) is 5.29. The van der Waals surface area contributed by atoms with Gasteiger partial charge in [0.25, 0.3) is 0 Å². The molecule has 36 heavy (non-hydrogen) atoms. The quantitative estimate of drug-likeness (QED) is 0.281. The van der Waals surface area contributed by atoms with Crippen LogP contribution in [0.1, 0.15) is 25.8 Å². The minimum Gasteiger partial charge on any atom is -0.472 e. The molecule has 0 aliphatic heterocycles. The van der Waals surface area contributed by atoms with E-state index in [1.807, 2.05) is 31.2 Å². The van der Waals surface area contributed by atoms with E-state index in [-0.39, 0.29) is 5.91 Å². The van der Waals surface area contributed by atoms with Crippen LogP contribution in [0.3, 0.4) is 0 Å². The molecule has 0 aliphatic rings. The Balaban J connectivity index is 1.45. The van der Waals surface area contributed by atoms with Crippen molar-refractivity contribution in [3.8, 4) is 33.8 Å². The molecule has 0 spiro atoms. The van der Waals surface area contributed by atoms with Crippen LogP contribution < -0.4 is 5.32 Å². The van der Waals surface area contributed by atoms with Crippen molar-refractivity contribution in [3.63, 3.8) is 0 Å². The molecule has 0 radical (unpaired) electrons. The van der Waals surface area contributed by atoms with Crippen molar-refractivity contribution in [2.45, 2.75) is 26.7 Å². The van der Waals surface area contributed by atoms with Gasteiger partial charge in [0, 0.05) is 41.2 Å². The number of benzene rings is 1.